The van der Waals surface area contributed by atoms with Gasteiger partial charge < -0.3 is 14.8 Å². The predicted molar refractivity (Wildman–Crippen MR) is 110 cm³/mol. The number of esters is 1. The highest BCUT2D eigenvalue weighted by Crippen LogP contribution is 2.26. The third-order valence-electron chi connectivity index (χ3n) is 4.52. The smallest absolute Gasteiger partial charge is 0.337 e. The SMILES string of the molecule is COC(=O)c1ccc(OC)c(NC(=O)c2ccc(Cn3nc(C)cc3C)cc2)c1. The van der Waals surface area contributed by atoms with Crippen molar-refractivity contribution in [3.63, 3.8) is 0 Å². The number of nitrogens with one attached hydrogen (secondary N) is 1. The molecule has 150 valence electrons. The predicted octanol–water partition coefficient (Wildman–Crippen LogP) is 3.60. The average Bonchev–Trinajstić information content (AvgIpc) is 3.04. The molecule has 0 saturated carbocycles. The van der Waals surface area contributed by atoms with E-state index >= 15 is 0 Å². The number of methoxy groups -OCH3 is 2. The van der Waals surface area contributed by atoms with E-state index in [9.17, 15) is 9.59 Å². The van der Waals surface area contributed by atoms with Crippen LogP contribution >= 0.6 is 0 Å². The lowest BCUT2D eigenvalue weighted by molar-refractivity contribution is 0.0600. The van der Waals surface area contributed by atoms with Crippen LogP contribution in [0, 0.1) is 13.8 Å². The number of hydrogen-bond acceptors (Lipinski definition) is 5. The van der Waals surface area contributed by atoms with Crippen LogP contribution in [-0.2, 0) is 11.3 Å². The Hall–Kier alpha value is -3.61. The average molecular weight is 393 g/mol. The maximum Gasteiger partial charge on any atom is 0.337 e. The Balaban J connectivity index is 1.75. The topological polar surface area (TPSA) is 82.5 Å². The Morgan fingerprint density at radius 1 is 1.00 bits per heavy atom. The van der Waals surface area contributed by atoms with Gasteiger partial charge in [0, 0.05) is 11.3 Å². The molecule has 1 aromatic heterocycles. The second-order valence-electron chi connectivity index (χ2n) is 6.64. The van der Waals surface area contributed by atoms with E-state index in [1.165, 1.54) is 20.3 Å². The number of carbonyl (C=O) groups is 2. The van der Waals surface area contributed by atoms with Crippen molar-refractivity contribution in [3.8, 4) is 5.75 Å². The Morgan fingerprint density at radius 2 is 1.69 bits per heavy atom. The highest BCUT2D eigenvalue weighted by atomic mass is 16.5. The molecule has 0 radical (unpaired) electrons. The van der Waals surface area contributed by atoms with Crippen LogP contribution in [0.2, 0.25) is 0 Å². The summed E-state index contributed by atoms with van der Waals surface area (Å²) >= 11 is 0. The quantitative estimate of drug-likeness (QED) is 0.647. The third kappa shape index (κ3) is 4.63. The minimum Gasteiger partial charge on any atom is -0.495 e. The first-order valence-corrected chi connectivity index (χ1v) is 9.09. The van der Waals surface area contributed by atoms with E-state index in [1.54, 1.807) is 24.3 Å². The molecule has 0 fully saturated rings. The van der Waals surface area contributed by atoms with Crippen LogP contribution in [0.1, 0.15) is 37.7 Å². The van der Waals surface area contributed by atoms with Crippen molar-refractivity contribution in [1.29, 1.82) is 0 Å². The second-order valence-corrected chi connectivity index (χ2v) is 6.64. The first-order chi connectivity index (χ1) is 13.9. The molecule has 1 N–H and O–H groups in total. The lowest BCUT2D eigenvalue weighted by atomic mass is 10.1. The number of aryl methyl sites for hydroxylation is 2. The maximum absolute atomic E-state index is 12.7. The lowest BCUT2D eigenvalue weighted by Crippen LogP contribution is -2.14. The molecule has 0 unspecified atom stereocenters. The minimum absolute atomic E-state index is 0.303. The van der Waals surface area contributed by atoms with E-state index in [0.717, 1.165) is 17.0 Å². The van der Waals surface area contributed by atoms with Crippen LogP contribution in [-0.4, -0.2) is 35.9 Å². The fourth-order valence-electron chi connectivity index (χ4n) is 3.01. The molecular formula is C22H23N3O4. The summed E-state index contributed by atoms with van der Waals surface area (Å²) in [5.41, 5.74) is 4.31. The third-order valence-corrected chi connectivity index (χ3v) is 4.52. The zero-order valence-corrected chi connectivity index (χ0v) is 16.9. The molecular weight excluding hydrogens is 370 g/mol. The Morgan fingerprint density at radius 3 is 2.28 bits per heavy atom. The summed E-state index contributed by atoms with van der Waals surface area (Å²) in [7, 11) is 2.80. The summed E-state index contributed by atoms with van der Waals surface area (Å²) in [6.07, 6.45) is 0. The molecule has 0 aliphatic heterocycles. The molecule has 7 nitrogen and oxygen atoms in total. The van der Waals surface area contributed by atoms with Gasteiger partial charge in [0.25, 0.3) is 5.91 Å². The summed E-state index contributed by atoms with van der Waals surface area (Å²) in [6, 6.07) is 14.0. The molecule has 0 aliphatic rings. The standard InChI is InChI=1S/C22H23N3O4/c1-14-11-15(2)25(24-14)13-16-5-7-17(8-6-16)21(26)23-19-12-18(22(27)29-4)9-10-20(19)28-3/h5-12H,13H2,1-4H3,(H,23,26). The number of ether oxygens (including phenoxy) is 2. The van der Waals surface area contributed by atoms with E-state index < -0.39 is 5.97 Å². The molecule has 0 atom stereocenters. The van der Waals surface area contributed by atoms with Crippen molar-refractivity contribution in [2.75, 3.05) is 19.5 Å². The summed E-state index contributed by atoms with van der Waals surface area (Å²) in [5, 5.41) is 7.24. The number of carbonyl (C=O) groups excluding carboxylic acids is 2. The van der Waals surface area contributed by atoms with Gasteiger partial charge in [-0.15, -0.1) is 0 Å². The van der Waals surface area contributed by atoms with Gasteiger partial charge >= 0.3 is 5.97 Å². The van der Waals surface area contributed by atoms with Crippen molar-refractivity contribution < 1.29 is 19.1 Å². The van der Waals surface area contributed by atoms with Crippen molar-refractivity contribution >= 4 is 17.6 Å². The van der Waals surface area contributed by atoms with Crippen LogP contribution in [0.5, 0.6) is 5.75 Å². The number of benzene rings is 2. The number of amides is 1. The number of nitrogens with zero attached hydrogens (tertiary/aromatic N) is 2. The van der Waals surface area contributed by atoms with Crippen molar-refractivity contribution in [2.45, 2.75) is 20.4 Å². The second kappa shape index (κ2) is 8.60. The van der Waals surface area contributed by atoms with Crippen molar-refractivity contribution in [2.24, 2.45) is 0 Å². The van der Waals surface area contributed by atoms with Crippen LogP contribution in [0.15, 0.2) is 48.5 Å². The van der Waals surface area contributed by atoms with Gasteiger partial charge in [-0.25, -0.2) is 4.79 Å². The van der Waals surface area contributed by atoms with Crippen LogP contribution in [0.25, 0.3) is 0 Å². The van der Waals surface area contributed by atoms with Crippen LogP contribution in [0.4, 0.5) is 5.69 Å². The number of aromatic nitrogens is 2. The van der Waals surface area contributed by atoms with Gasteiger partial charge in [-0.1, -0.05) is 12.1 Å². The van der Waals surface area contributed by atoms with Gasteiger partial charge in [0.15, 0.2) is 0 Å². The zero-order chi connectivity index (χ0) is 21.0. The van der Waals surface area contributed by atoms with Gasteiger partial charge in [0.05, 0.1) is 37.7 Å². The molecule has 0 aliphatic carbocycles. The summed E-state index contributed by atoms with van der Waals surface area (Å²) in [6.45, 7) is 4.61. The largest absolute Gasteiger partial charge is 0.495 e. The normalized spacial score (nSPS) is 10.5. The van der Waals surface area contributed by atoms with E-state index in [1.807, 2.05) is 36.7 Å². The van der Waals surface area contributed by atoms with Gasteiger partial charge in [-0.05, 0) is 55.8 Å². The Bertz CT molecular complexity index is 1040. The van der Waals surface area contributed by atoms with Gasteiger partial charge in [-0.2, -0.15) is 5.10 Å². The van der Waals surface area contributed by atoms with E-state index in [-0.39, 0.29) is 5.91 Å². The van der Waals surface area contributed by atoms with Gasteiger partial charge in [-0.3, -0.25) is 9.48 Å². The molecule has 0 saturated heterocycles. The van der Waals surface area contributed by atoms with Gasteiger partial charge in [0.1, 0.15) is 5.75 Å². The van der Waals surface area contributed by atoms with E-state index in [4.69, 9.17) is 9.47 Å². The van der Waals surface area contributed by atoms with Crippen LogP contribution in [0.3, 0.4) is 0 Å². The lowest BCUT2D eigenvalue weighted by Gasteiger charge is -2.12. The molecule has 29 heavy (non-hydrogen) atoms. The summed E-state index contributed by atoms with van der Waals surface area (Å²) < 4.78 is 11.9. The monoisotopic (exact) mass is 393 g/mol. The highest BCUT2D eigenvalue weighted by molar-refractivity contribution is 6.05. The fraction of sp³-hybridized carbons (Fsp3) is 0.227. The molecule has 1 amide bonds. The maximum atomic E-state index is 12.7. The van der Waals surface area contributed by atoms with E-state index in [0.29, 0.717) is 29.1 Å². The molecule has 3 aromatic rings. The summed E-state index contributed by atoms with van der Waals surface area (Å²) in [5.74, 6) is -0.341. The first-order valence-electron chi connectivity index (χ1n) is 9.09. The molecule has 0 bridgehead atoms. The Kier molecular flexibility index (Phi) is 5.97. The van der Waals surface area contributed by atoms with E-state index in [2.05, 4.69) is 10.4 Å². The number of anilines is 1. The summed E-state index contributed by atoms with van der Waals surface area (Å²) in [4.78, 5) is 24.4. The van der Waals surface area contributed by atoms with Crippen molar-refractivity contribution in [1.82, 2.24) is 9.78 Å². The molecule has 1 heterocycles. The van der Waals surface area contributed by atoms with Crippen LogP contribution < -0.4 is 10.1 Å². The molecule has 7 heteroatoms. The first kappa shape index (κ1) is 20.1. The van der Waals surface area contributed by atoms with Gasteiger partial charge in [0.2, 0.25) is 0 Å². The fourth-order valence-corrected chi connectivity index (χ4v) is 3.01. The number of rotatable bonds is 6. The zero-order valence-electron chi connectivity index (χ0n) is 16.9. The number of hydrogen-bond donors (Lipinski definition) is 1. The Labute approximate surface area is 169 Å². The highest BCUT2D eigenvalue weighted by Gasteiger charge is 2.14. The van der Waals surface area contributed by atoms with Crippen molar-refractivity contribution in [3.05, 3.63) is 76.6 Å². The molecule has 2 aromatic carbocycles. The minimum atomic E-state index is -0.489. The molecule has 0 spiro atoms. The molecule has 3 rings (SSSR count).